The third kappa shape index (κ3) is 6.40. The van der Waals surface area contributed by atoms with Crippen LogP contribution in [0, 0.1) is 34.0 Å². The number of aromatic nitrogens is 1. The molecular formula is C45H70N2O3. The zero-order chi connectivity index (χ0) is 37.4. The van der Waals surface area contributed by atoms with Gasteiger partial charge in [-0.3, -0.25) is 4.79 Å². The van der Waals surface area contributed by atoms with Crippen LogP contribution in [-0.4, -0.2) is 39.7 Å². The number of aliphatic hydroxyl groups is 1. The quantitative estimate of drug-likeness (QED) is 0.280. The van der Waals surface area contributed by atoms with Crippen LogP contribution in [0.5, 0.6) is 0 Å². The number of benzene rings is 1. The maximum Gasteiger partial charge on any atom is 0.158 e. The zero-order valence-electron chi connectivity index (χ0n) is 34.1. The van der Waals surface area contributed by atoms with Gasteiger partial charge >= 0.3 is 0 Å². The normalized spacial score (nSPS) is 32.6. The predicted molar refractivity (Wildman–Crippen MR) is 210 cm³/mol. The van der Waals surface area contributed by atoms with Crippen LogP contribution in [0.4, 0.5) is 0 Å². The molecule has 0 saturated heterocycles. The van der Waals surface area contributed by atoms with Crippen molar-refractivity contribution in [2.45, 2.75) is 164 Å². The minimum Gasteiger partial charge on any atom is -0.400 e. The summed E-state index contributed by atoms with van der Waals surface area (Å²) in [5, 5.41) is 8.37. The van der Waals surface area contributed by atoms with Crippen molar-refractivity contribution in [2.24, 2.45) is 39.7 Å². The standard InChI is InChI=1S/C40H56N2O2.C4H10.CH4O/c1-22(35(2,3)4)32(43)19-30-28-12-13-40(41)21-27-25-16-23-17-29-26(20-37(7,8)44-38(29,9)10)24(23)18-31(25)42-33(27)34(40)39(28,11)15-14-36(30,5)6;1-3-4-2;1-2/h16,18-20,22,28-29,34,42H,12-15,17,21,41H2,1-11H3;3-4H2,1-2H3;2H,1H3/b30-19-;;/t22?,28?,29?,34?,39-,40+;;/m0../s1. The molecule has 2 fully saturated rings. The average Bonchev–Trinajstić information content (AvgIpc) is 3.64. The smallest absolute Gasteiger partial charge is 0.158 e. The van der Waals surface area contributed by atoms with E-state index < -0.39 is 0 Å². The van der Waals surface area contributed by atoms with Crippen LogP contribution in [0.15, 0.2) is 29.9 Å². The molecular weight excluding hydrogens is 617 g/mol. The fraction of sp³-hybridized carbons (Fsp3) is 0.711. The van der Waals surface area contributed by atoms with E-state index >= 15 is 0 Å². The van der Waals surface area contributed by atoms with E-state index in [0.717, 1.165) is 45.6 Å². The van der Waals surface area contributed by atoms with E-state index in [1.807, 2.05) is 0 Å². The van der Waals surface area contributed by atoms with Crippen molar-refractivity contribution in [1.82, 2.24) is 4.98 Å². The molecule has 2 saturated carbocycles. The second kappa shape index (κ2) is 13.0. The summed E-state index contributed by atoms with van der Waals surface area (Å²) in [6.07, 6.45) is 13.3. The predicted octanol–water partition coefficient (Wildman–Crippen LogP) is 10.5. The molecule has 1 aliphatic heterocycles. The van der Waals surface area contributed by atoms with Crippen LogP contribution in [0.2, 0.25) is 0 Å². The van der Waals surface area contributed by atoms with Gasteiger partial charge in [0.15, 0.2) is 5.78 Å². The summed E-state index contributed by atoms with van der Waals surface area (Å²) in [5.41, 5.74) is 16.5. The molecule has 5 aliphatic rings. The molecule has 0 radical (unpaired) electrons. The number of nitrogens with one attached hydrogen (secondary N) is 1. The Morgan fingerprint density at radius 1 is 1.02 bits per heavy atom. The summed E-state index contributed by atoms with van der Waals surface area (Å²) in [5.74, 6) is 1.28. The van der Waals surface area contributed by atoms with Crippen molar-refractivity contribution in [1.29, 1.82) is 0 Å². The maximum absolute atomic E-state index is 13.7. The van der Waals surface area contributed by atoms with Crippen molar-refractivity contribution >= 4 is 22.3 Å². The Morgan fingerprint density at radius 2 is 1.66 bits per heavy atom. The molecule has 1 aromatic carbocycles. The SMILES string of the molecule is CC(C(=O)/C=C1/C2CC[C@@]3(N)Cc4c([nH]c5cc6c(cc45)CC4C6=CC(C)(C)OC4(C)C)C3[C@@]2(C)CCC1(C)C)C(C)(C)C.CCCC.CO. The highest BCUT2D eigenvalue weighted by molar-refractivity contribution is 5.94. The van der Waals surface area contributed by atoms with Gasteiger partial charge in [-0.1, -0.05) is 80.7 Å². The average molecular weight is 687 g/mol. The first-order chi connectivity index (χ1) is 23.1. The molecule has 0 amide bonds. The number of H-pyrrole nitrogens is 1. The summed E-state index contributed by atoms with van der Waals surface area (Å²) in [4.78, 5) is 17.7. The van der Waals surface area contributed by atoms with Crippen LogP contribution >= 0.6 is 0 Å². The van der Waals surface area contributed by atoms with Gasteiger partial charge in [-0.2, -0.15) is 0 Å². The zero-order valence-corrected chi connectivity index (χ0v) is 34.1. The number of hydrogen-bond donors (Lipinski definition) is 3. The first-order valence-corrected chi connectivity index (χ1v) is 19.7. The van der Waals surface area contributed by atoms with Crippen molar-refractivity contribution in [3.05, 3.63) is 52.2 Å². The molecule has 278 valence electrons. The van der Waals surface area contributed by atoms with Crippen LogP contribution in [0.1, 0.15) is 157 Å². The fourth-order valence-electron chi connectivity index (χ4n) is 10.6. The molecule has 0 spiro atoms. The highest BCUT2D eigenvalue weighted by atomic mass is 16.5. The Kier molecular flexibility index (Phi) is 10.2. The van der Waals surface area contributed by atoms with Crippen LogP contribution in [-0.2, 0) is 22.4 Å². The topological polar surface area (TPSA) is 88.3 Å². The second-order valence-electron chi connectivity index (χ2n) is 19.7. The lowest BCUT2D eigenvalue weighted by molar-refractivity contribution is -0.123. The molecule has 4 aliphatic carbocycles. The number of rotatable bonds is 3. The first kappa shape index (κ1) is 39.0. The monoisotopic (exact) mass is 687 g/mol. The minimum absolute atomic E-state index is 0.00787. The molecule has 5 nitrogen and oxygen atoms in total. The van der Waals surface area contributed by atoms with Gasteiger partial charge in [0.1, 0.15) is 0 Å². The van der Waals surface area contributed by atoms with Gasteiger partial charge in [0, 0.05) is 47.0 Å². The van der Waals surface area contributed by atoms with Crippen LogP contribution in [0.3, 0.4) is 0 Å². The summed E-state index contributed by atoms with van der Waals surface area (Å²) in [7, 11) is 1.00. The number of aromatic amines is 1. The van der Waals surface area contributed by atoms with Crippen molar-refractivity contribution in [2.75, 3.05) is 7.11 Å². The minimum atomic E-state index is -0.277. The fourth-order valence-corrected chi connectivity index (χ4v) is 10.6. The van der Waals surface area contributed by atoms with Crippen LogP contribution < -0.4 is 5.73 Å². The number of carbonyl (C=O) groups is 1. The highest BCUT2D eigenvalue weighted by Gasteiger charge is 2.62. The number of fused-ring (bicyclic) bond motifs is 10. The summed E-state index contributed by atoms with van der Waals surface area (Å²) >= 11 is 0. The molecule has 2 heterocycles. The first-order valence-electron chi connectivity index (χ1n) is 19.7. The molecule has 4 N–H and O–H groups in total. The van der Waals surface area contributed by atoms with Gasteiger partial charge in [-0.05, 0) is 135 Å². The van der Waals surface area contributed by atoms with Gasteiger partial charge in [0.05, 0.1) is 11.2 Å². The van der Waals surface area contributed by atoms with Gasteiger partial charge < -0.3 is 20.6 Å². The van der Waals surface area contributed by atoms with E-state index in [2.05, 4.69) is 119 Å². The molecule has 5 heteroatoms. The molecule has 7 rings (SSSR count). The number of allylic oxidation sites excluding steroid dienone is 2. The lowest BCUT2D eigenvalue weighted by atomic mass is 9.46. The van der Waals surface area contributed by atoms with Gasteiger partial charge in [-0.25, -0.2) is 0 Å². The Bertz CT molecular complexity index is 1680. The van der Waals surface area contributed by atoms with E-state index in [9.17, 15) is 4.79 Å². The molecule has 6 atom stereocenters. The summed E-state index contributed by atoms with van der Waals surface area (Å²) in [6, 6.07) is 4.93. The second-order valence-corrected chi connectivity index (χ2v) is 19.7. The van der Waals surface area contributed by atoms with E-state index in [4.69, 9.17) is 15.6 Å². The maximum atomic E-state index is 13.7. The Labute approximate surface area is 304 Å². The number of nitrogens with two attached hydrogens (primary N) is 1. The number of unbranched alkanes of at least 4 members (excludes halogenated alkanes) is 1. The number of ketones is 1. The Hall–Kier alpha value is -2.21. The van der Waals surface area contributed by atoms with Gasteiger partial charge in [0.2, 0.25) is 0 Å². The Balaban J connectivity index is 0.000000758. The lowest BCUT2D eigenvalue weighted by Crippen LogP contribution is -2.58. The van der Waals surface area contributed by atoms with Crippen molar-refractivity contribution in [3.63, 3.8) is 0 Å². The van der Waals surface area contributed by atoms with Gasteiger partial charge in [-0.15, -0.1) is 0 Å². The van der Waals surface area contributed by atoms with E-state index in [0.29, 0.717) is 11.8 Å². The van der Waals surface area contributed by atoms with E-state index in [1.165, 1.54) is 57.3 Å². The lowest BCUT2D eigenvalue weighted by Gasteiger charge is -2.59. The number of aliphatic hydroxyl groups excluding tert-OH is 1. The third-order valence-electron chi connectivity index (χ3n) is 13.8. The number of hydrogen-bond acceptors (Lipinski definition) is 4. The third-order valence-corrected chi connectivity index (χ3v) is 13.8. The summed E-state index contributed by atoms with van der Waals surface area (Å²) < 4.78 is 6.55. The molecule has 1 aromatic heterocycles. The molecule has 4 unspecified atom stereocenters. The largest absolute Gasteiger partial charge is 0.400 e. The van der Waals surface area contributed by atoms with Crippen molar-refractivity contribution < 1.29 is 14.6 Å². The van der Waals surface area contributed by atoms with E-state index in [-0.39, 0.29) is 50.6 Å². The Morgan fingerprint density at radius 3 is 2.26 bits per heavy atom. The molecule has 50 heavy (non-hydrogen) atoms. The van der Waals surface area contributed by atoms with Crippen molar-refractivity contribution in [3.8, 4) is 0 Å². The van der Waals surface area contributed by atoms with Crippen LogP contribution in [0.25, 0.3) is 16.5 Å². The molecule has 2 aromatic rings. The highest BCUT2D eigenvalue weighted by Crippen LogP contribution is 2.67. The molecule has 0 bridgehead atoms. The van der Waals surface area contributed by atoms with Gasteiger partial charge in [0.25, 0.3) is 0 Å². The number of carbonyl (C=O) groups excluding carboxylic acids is 1. The summed E-state index contributed by atoms with van der Waals surface area (Å²) in [6.45, 7) is 29.1. The van der Waals surface area contributed by atoms with E-state index in [1.54, 1.807) is 0 Å². The number of ether oxygens (including phenoxy) is 1.